The lowest BCUT2D eigenvalue weighted by Crippen LogP contribution is -2.49. The molecule has 2 aliphatic heterocycles. The highest BCUT2D eigenvalue weighted by molar-refractivity contribution is 7.04. The summed E-state index contributed by atoms with van der Waals surface area (Å²) in [7, 11) is -4.04. The van der Waals surface area contributed by atoms with Crippen molar-refractivity contribution in [2.75, 3.05) is 0 Å². The maximum absolute atomic E-state index is 2.62. The van der Waals surface area contributed by atoms with Crippen LogP contribution in [0.5, 0.6) is 0 Å². The Morgan fingerprint density at radius 1 is 0.130 bits per heavy atom. The zero-order valence-corrected chi connectivity index (χ0v) is 75.5. The molecule has 4 aliphatic rings. The minimum Gasteiger partial charge on any atom is -0.0623 e. The van der Waals surface area contributed by atoms with E-state index in [4.69, 9.17) is 0 Å². The average Bonchev–Trinajstić information content (AvgIpc) is 1.51. The summed E-state index contributed by atoms with van der Waals surface area (Å²) < 4.78 is 0. The van der Waals surface area contributed by atoms with Gasteiger partial charge in [-0.3, -0.25) is 0 Å². The van der Waals surface area contributed by atoms with Crippen LogP contribution in [0.15, 0.2) is 473 Å². The van der Waals surface area contributed by atoms with Crippen molar-refractivity contribution in [3.8, 4) is 167 Å². The minimum absolute atomic E-state index is 0.415. The van der Waals surface area contributed by atoms with Crippen LogP contribution in [0.3, 0.4) is 0 Å². The van der Waals surface area contributed by atoms with Gasteiger partial charge in [-0.15, -0.1) is 0 Å². The summed E-state index contributed by atoms with van der Waals surface area (Å²) in [6, 6.07) is 178. The SMILES string of the molecule is C[Si]1(C)c2ccccc2-c2cc3c(-c4ccc(-c5ccccc5)cc4)c4ccc(-c5ccc6c(c5)C5(c7ccccc7-c7ccccc75)c5ccccc5-6)cc4c(-c4ccc(-c5ccccc5)cc4)c3cc21.C[Si]1(C)c2ccccc2-c2cc3c(-c4ccc(-c5ccccc5)cc4)c4ccc(-c5ccccc5-c5ccccc5)cc4c(-c4ccc(-c5ccccc5)cc4)c3cc21. The van der Waals surface area contributed by atoms with Gasteiger partial charge in [-0.25, -0.2) is 0 Å². The summed E-state index contributed by atoms with van der Waals surface area (Å²) in [5.41, 5.74) is 43.1. The van der Waals surface area contributed by atoms with E-state index in [0.29, 0.717) is 0 Å². The van der Waals surface area contributed by atoms with Crippen LogP contribution in [0.1, 0.15) is 22.3 Å². The highest BCUT2D eigenvalue weighted by Crippen LogP contribution is 2.64. The first kappa shape index (κ1) is 77.6. The molecule has 131 heavy (non-hydrogen) atoms. The molecule has 0 radical (unpaired) electrons. The van der Waals surface area contributed by atoms with E-state index >= 15 is 0 Å². The summed E-state index contributed by atoms with van der Waals surface area (Å²) in [5.74, 6) is 0. The van der Waals surface area contributed by atoms with Crippen molar-refractivity contribution in [2.45, 2.75) is 31.6 Å². The molecule has 2 heteroatoms. The van der Waals surface area contributed by atoms with Crippen LogP contribution in [0.2, 0.25) is 26.2 Å². The Kier molecular flexibility index (Phi) is 18.3. The molecule has 0 amide bonds. The molecule has 2 aliphatic carbocycles. The van der Waals surface area contributed by atoms with Crippen molar-refractivity contribution < 1.29 is 0 Å². The maximum Gasteiger partial charge on any atom is 0.113 e. The molecule has 26 rings (SSSR count). The van der Waals surface area contributed by atoms with Gasteiger partial charge in [-0.1, -0.05) is 469 Å². The Bertz CT molecular complexity index is 8300. The molecular weight excluding hydrogens is 1610 g/mol. The van der Waals surface area contributed by atoms with Gasteiger partial charge in [0.05, 0.1) is 5.41 Å². The van der Waals surface area contributed by atoms with Crippen LogP contribution < -0.4 is 20.7 Å². The lowest BCUT2D eigenvalue weighted by Gasteiger charge is -2.30. The lowest BCUT2D eigenvalue weighted by molar-refractivity contribution is 0.794. The topological polar surface area (TPSA) is 0 Å². The molecule has 0 saturated carbocycles. The average molecular weight is 1700 g/mol. The Hall–Kier alpha value is -15.7. The van der Waals surface area contributed by atoms with E-state index in [1.54, 1.807) is 0 Å². The number of hydrogen-bond donors (Lipinski definition) is 0. The van der Waals surface area contributed by atoms with Crippen molar-refractivity contribution in [3.63, 3.8) is 0 Å². The highest BCUT2D eigenvalue weighted by Gasteiger charge is 2.52. The third kappa shape index (κ3) is 12.4. The minimum atomic E-state index is -2.05. The second-order valence-corrected chi connectivity index (χ2v) is 45.7. The van der Waals surface area contributed by atoms with Crippen LogP contribution in [0.25, 0.3) is 210 Å². The van der Waals surface area contributed by atoms with Crippen molar-refractivity contribution in [1.82, 2.24) is 0 Å². The van der Waals surface area contributed by atoms with Crippen LogP contribution in [0, 0.1) is 0 Å². The molecule has 0 atom stereocenters. The Morgan fingerprint density at radius 2 is 0.366 bits per heavy atom. The van der Waals surface area contributed by atoms with Gasteiger partial charge < -0.3 is 0 Å². The molecule has 0 N–H and O–H groups in total. The third-order valence-electron chi connectivity index (χ3n) is 29.4. The summed E-state index contributed by atoms with van der Waals surface area (Å²) in [6.45, 7) is 10.1. The van der Waals surface area contributed by atoms with E-state index in [9.17, 15) is 0 Å². The van der Waals surface area contributed by atoms with Gasteiger partial charge in [-0.05, 0) is 283 Å². The Balaban J connectivity index is 0.000000144. The molecule has 0 fully saturated rings. The first-order valence-corrected chi connectivity index (χ1v) is 52.1. The van der Waals surface area contributed by atoms with Gasteiger partial charge in [-0.2, -0.15) is 0 Å². The van der Waals surface area contributed by atoms with E-state index in [1.165, 1.54) is 253 Å². The second-order valence-electron chi connectivity index (χ2n) is 37.1. The molecule has 0 saturated heterocycles. The molecule has 22 aromatic carbocycles. The zero-order chi connectivity index (χ0) is 87.2. The summed E-state index contributed by atoms with van der Waals surface area (Å²) >= 11 is 0. The van der Waals surface area contributed by atoms with Gasteiger partial charge in [0.15, 0.2) is 0 Å². The fourth-order valence-corrected chi connectivity index (χ4v) is 29.3. The van der Waals surface area contributed by atoms with Gasteiger partial charge in [0.2, 0.25) is 0 Å². The van der Waals surface area contributed by atoms with Gasteiger partial charge in [0, 0.05) is 0 Å². The maximum atomic E-state index is 2.62. The van der Waals surface area contributed by atoms with Gasteiger partial charge >= 0.3 is 0 Å². The van der Waals surface area contributed by atoms with Crippen molar-refractivity contribution in [2.24, 2.45) is 0 Å². The fraction of sp³-hybridized carbons (Fsp3) is 0.0388. The van der Waals surface area contributed by atoms with Gasteiger partial charge in [0.25, 0.3) is 0 Å². The predicted molar refractivity (Wildman–Crippen MR) is 563 cm³/mol. The molecule has 0 nitrogen and oxygen atoms in total. The van der Waals surface area contributed by atoms with Crippen molar-refractivity contribution >= 4 is 80.0 Å². The van der Waals surface area contributed by atoms with Gasteiger partial charge in [0.1, 0.15) is 16.1 Å². The first-order valence-electron chi connectivity index (χ1n) is 46.1. The van der Waals surface area contributed by atoms with Crippen LogP contribution >= 0.6 is 0 Å². The largest absolute Gasteiger partial charge is 0.113 e. The molecule has 2 heterocycles. The molecule has 22 aromatic rings. The third-order valence-corrected chi connectivity index (χ3v) is 36.5. The van der Waals surface area contributed by atoms with E-state index in [0.717, 1.165) is 0 Å². The van der Waals surface area contributed by atoms with E-state index in [1.807, 2.05) is 0 Å². The van der Waals surface area contributed by atoms with Crippen molar-refractivity contribution in [3.05, 3.63) is 495 Å². The van der Waals surface area contributed by atoms with E-state index in [2.05, 4.69) is 499 Å². The lowest BCUT2D eigenvalue weighted by atomic mass is 9.70. The van der Waals surface area contributed by atoms with Crippen LogP contribution in [-0.4, -0.2) is 16.1 Å². The normalized spacial score (nSPS) is 13.4. The molecule has 0 aromatic heterocycles. The molecular formula is C129H90Si2. The summed E-state index contributed by atoms with van der Waals surface area (Å²) in [4.78, 5) is 0. The van der Waals surface area contributed by atoms with Crippen molar-refractivity contribution in [1.29, 1.82) is 0 Å². The summed E-state index contributed by atoms with van der Waals surface area (Å²) in [6.07, 6.45) is 0. The molecule has 614 valence electrons. The number of hydrogen-bond acceptors (Lipinski definition) is 0. The Morgan fingerprint density at radius 3 is 0.740 bits per heavy atom. The fourth-order valence-electron chi connectivity index (χ4n) is 23.2. The number of fused-ring (bicyclic) bond motifs is 20. The highest BCUT2D eigenvalue weighted by atomic mass is 28.3. The number of rotatable bonds is 11. The van der Waals surface area contributed by atoms with Crippen LogP contribution in [0.4, 0.5) is 0 Å². The standard InChI is InChI=1S/C71H48Si.C58H42Si/c1-72(2)67-28-16-12-24-57(67)59-43-61-62(44-68(59)72)70(50-35-31-48(32-36-50)46-19-7-4-8-20-46)60-41-51(38-40-58(60)69(61)49-33-29-47(30-34-49)45-17-5-3-6-18-45)52-37-39-56-55-23-11-15-27-65(55)71(66(56)42-52)63-25-13-9-21-53(63)54-22-10-14-26-64(54)71;1-59(2)55-25-15-14-24-49(55)51-37-53-54(38-56(51)59)58(45-32-28-42(29-33-45)40-18-8-4-9-19-40)52-36-46(48-23-13-12-22-47(48)43-20-10-5-11-21-43)34-35-50(52)57(53)44-30-26-41(27-31-44)39-16-6-3-7-17-39/h3-44H,1-2H3;3-38H,1-2H3. The zero-order valence-electron chi connectivity index (χ0n) is 73.5. The van der Waals surface area contributed by atoms with Crippen LogP contribution in [-0.2, 0) is 5.41 Å². The van der Waals surface area contributed by atoms with E-state index < -0.39 is 21.6 Å². The smallest absolute Gasteiger partial charge is 0.0623 e. The monoisotopic (exact) mass is 1690 g/mol. The molecule has 1 spiro atoms. The molecule has 0 unspecified atom stereocenters. The van der Waals surface area contributed by atoms with E-state index in [-0.39, 0.29) is 0 Å². The summed E-state index contributed by atoms with van der Waals surface area (Å²) in [5, 5.41) is 16.3. The Labute approximate surface area is 768 Å². The second kappa shape index (κ2) is 30.8. The quantitative estimate of drug-likeness (QED) is 0.0894. The molecule has 0 bridgehead atoms. The first-order chi connectivity index (χ1) is 64.5. The number of benzene rings is 22. The predicted octanol–water partition coefficient (Wildman–Crippen LogP) is 32.3.